The van der Waals surface area contributed by atoms with Crippen molar-refractivity contribution >= 4 is 54.9 Å². The zero-order chi connectivity index (χ0) is 24.2. The fraction of sp³-hybridized carbons (Fsp3) is 0.0800. The molecule has 0 atom stereocenters. The van der Waals surface area contributed by atoms with E-state index in [4.69, 9.17) is 14.5 Å². The van der Waals surface area contributed by atoms with Crippen molar-refractivity contribution in [1.82, 2.24) is 10.4 Å². The van der Waals surface area contributed by atoms with E-state index in [0.29, 0.717) is 37.9 Å². The van der Waals surface area contributed by atoms with Crippen LogP contribution in [0.4, 0.5) is 0 Å². The fourth-order valence-corrected chi connectivity index (χ4v) is 4.06. The average Bonchev–Trinajstić information content (AvgIpc) is 2.85. The van der Waals surface area contributed by atoms with Crippen LogP contribution in [0.5, 0.6) is 17.2 Å². The number of phenols is 1. The van der Waals surface area contributed by atoms with Gasteiger partial charge in [0.25, 0.3) is 5.91 Å². The number of fused-ring (bicyclic) bond motifs is 1. The van der Waals surface area contributed by atoms with E-state index in [1.165, 1.54) is 13.3 Å². The Hall–Kier alpha value is -3.43. The van der Waals surface area contributed by atoms with E-state index in [2.05, 4.69) is 42.4 Å². The fourth-order valence-electron chi connectivity index (χ4n) is 3.34. The lowest BCUT2D eigenvalue weighted by atomic mass is 10.0. The minimum Gasteiger partial charge on any atom is -0.503 e. The van der Waals surface area contributed by atoms with Crippen LogP contribution in [0.1, 0.15) is 15.9 Å². The average molecular weight is 585 g/mol. The van der Waals surface area contributed by atoms with E-state index in [0.717, 1.165) is 10.0 Å². The Morgan fingerprint density at radius 2 is 1.79 bits per heavy atom. The van der Waals surface area contributed by atoms with Crippen molar-refractivity contribution in [1.29, 1.82) is 0 Å². The summed E-state index contributed by atoms with van der Waals surface area (Å²) in [7, 11) is 3.02. The number of nitrogens with one attached hydrogen (secondary N) is 1. The third-order valence-electron chi connectivity index (χ3n) is 5.05. The summed E-state index contributed by atoms with van der Waals surface area (Å²) in [5.74, 6) is 0.485. The van der Waals surface area contributed by atoms with Crippen molar-refractivity contribution in [2.75, 3.05) is 14.2 Å². The van der Waals surface area contributed by atoms with Gasteiger partial charge in [-0.25, -0.2) is 10.4 Å². The molecule has 9 heteroatoms. The molecule has 3 aromatic carbocycles. The van der Waals surface area contributed by atoms with Gasteiger partial charge < -0.3 is 14.6 Å². The number of hydrazone groups is 1. The van der Waals surface area contributed by atoms with E-state index < -0.39 is 5.91 Å². The SMILES string of the molecule is COc1ccc2nc(-c3ccc(Br)cc3)cc(C(=O)NN=Cc3cc(Br)c(O)c(OC)c3)c2c1. The lowest BCUT2D eigenvalue weighted by Gasteiger charge is -2.10. The Bertz CT molecular complexity index is 1410. The molecule has 4 aromatic rings. The zero-order valence-electron chi connectivity index (χ0n) is 18.2. The van der Waals surface area contributed by atoms with E-state index >= 15 is 0 Å². The maximum Gasteiger partial charge on any atom is 0.272 e. The Morgan fingerprint density at radius 3 is 2.50 bits per heavy atom. The van der Waals surface area contributed by atoms with E-state index in [9.17, 15) is 9.90 Å². The first-order valence-electron chi connectivity index (χ1n) is 10.0. The van der Waals surface area contributed by atoms with Gasteiger partial charge in [0.15, 0.2) is 11.5 Å². The van der Waals surface area contributed by atoms with Crippen LogP contribution in [-0.4, -0.2) is 36.4 Å². The molecule has 0 aliphatic rings. The number of aromatic hydroxyl groups is 1. The van der Waals surface area contributed by atoms with E-state index in [-0.39, 0.29) is 11.5 Å². The number of benzene rings is 3. The standard InChI is InChI=1S/C25H19Br2N3O4/c1-33-17-7-8-21-18(11-17)19(12-22(29-21)15-3-5-16(26)6-4-15)25(32)30-28-13-14-9-20(27)24(31)23(10-14)34-2/h3-13,31H,1-2H3,(H,30,32). The molecule has 0 aliphatic heterocycles. The number of halogens is 2. The molecule has 172 valence electrons. The number of aromatic nitrogens is 1. The molecule has 0 unspecified atom stereocenters. The summed E-state index contributed by atoms with van der Waals surface area (Å²) in [5, 5.41) is 14.7. The molecule has 0 aliphatic carbocycles. The summed E-state index contributed by atoms with van der Waals surface area (Å²) >= 11 is 6.71. The Balaban J connectivity index is 1.70. The van der Waals surface area contributed by atoms with Gasteiger partial charge in [0.2, 0.25) is 0 Å². The number of phenolic OH excluding ortho intramolecular Hbond substituents is 1. The number of carbonyl (C=O) groups excluding carboxylic acids is 1. The second-order valence-corrected chi connectivity index (χ2v) is 8.97. The van der Waals surface area contributed by atoms with Crippen molar-refractivity contribution in [3.63, 3.8) is 0 Å². The molecule has 4 rings (SSSR count). The van der Waals surface area contributed by atoms with Crippen LogP contribution >= 0.6 is 31.9 Å². The van der Waals surface area contributed by atoms with Gasteiger partial charge in [0.05, 0.1) is 41.7 Å². The van der Waals surface area contributed by atoms with Crippen LogP contribution in [-0.2, 0) is 0 Å². The van der Waals surface area contributed by atoms with Crippen molar-refractivity contribution in [3.8, 4) is 28.5 Å². The molecule has 0 saturated heterocycles. The van der Waals surface area contributed by atoms with Gasteiger partial charge in [-0.05, 0) is 70.0 Å². The smallest absolute Gasteiger partial charge is 0.272 e. The molecule has 0 radical (unpaired) electrons. The second kappa shape index (κ2) is 10.2. The third kappa shape index (κ3) is 5.05. The first-order valence-corrected chi connectivity index (χ1v) is 11.6. The molecule has 1 aromatic heterocycles. The molecule has 7 nitrogen and oxygen atoms in total. The van der Waals surface area contributed by atoms with Gasteiger partial charge in [-0.1, -0.05) is 28.1 Å². The van der Waals surface area contributed by atoms with E-state index in [1.54, 1.807) is 37.4 Å². The Kier molecular flexibility index (Phi) is 7.14. The summed E-state index contributed by atoms with van der Waals surface area (Å²) in [6, 6.07) is 18.1. The largest absolute Gasteiger partial charge is 0.503 e. The Labute approximate surface area is 212 Å². The van der Waals surface area contributed by atoms with Crippen molar-refractivity contribution in [3.05, 3.63) is 80.7 Å². The number of hydrogen-bond acceptors (Lipinski definition) is 6. The monoisotopic (exact) mass is 583 g/mol. The van der Waals surface area contributed by atoms with Crippen LogP contribution in [0, 0.1) is 0 Å². The van der Waals surface area contributed by atoms with Gasteiger partial charge in [-0.3, -0.25) is 4.79 Å². The van der Waals surface area contributed by atoms with E-state index in [1.807, 2.05) is 30.3 Å². The predicted molar refractivity (Wildman–Crippen MR) is 139 cm³/mol. The van der Waals surface area contributed by atoms with Gasteiger partial charge in [0.1, 0.15) is 5.75 Å². The molecule has 1 amide bonds. The van der Waals surface area contributed by atoms with Crippen molar-refractivity contribution < 1.29 is 19.4 Å². The summed E-state index contributed by atoms with van der Waals surface area (Å²) in [5.41, 5.74) is 5.79. The number of hydrogen-bond donors (Lipinski definition) is 2. The highest BCUT2D eigenvalue weighted by atomic mass is 79.9. The van der Waals surface area contributed by atoms with Crippen LogP contribution in [0.2, 0.25) is 0 Å². The highest BCUT2D eigenvalue weighted by Crippen LogP contribution is 2.34. The Morgan fingerprint density at radius 1 is 1.03 bits per heavy atom. The third-order valence-corrected chi connectivity index (χ3v) is 6.18. The lowest BCUT2D eigenvalue weighted by Crippen LogP contribution is -2.18. The maximum atomic E-state index is 13.2. The van der Waals surface area contributed by atoms with Crippen LogP contribution < -0.4 is 14.9 Å². The molecule has 0 spiro atoms. The van der Waals surface area contributed by atoms with Gasteiger partial charge >= 0.3 is 0 Å². The van der Waals surface area contributed by atoms with Gasteiger partial charge in [0, 0.05) is 15.4 Å². The molecule has 1 heterocycles. The van der Waals surface area contributed by atoms with Crippen LogP contribution in [0.15, 0.2) is 74.7 Å². The summed E-state index contributed by atoms with van der Waals surface area (Å²) in [6.45, 7) is 0. The number of carbonyl (C=O) groups is 1. The maximum absolute atomic E-state index is 13.2. The van der Waals surface area contributed by atoms with Crippen molar-refractivity contribution in [2.24, 2.45) is 5.10 Å². The van der Waals surface area contributed by atoms with Gasteiger partial charge in [-0.2, -0.15) is 5.10 Å². The minimum atomic E-state index is -0.403. The summed E-state index contributed by atoms with van der Waals surface area (Å²) < 4.78 is 11.9. The highest BCUT2D eigenvalue weighted by molar-refractivity contribution is 9.10. The van der Waals surface area contributed by atoms with Crippen LogP contribution in [0.3, 0.4) is 0 Å². The molecule has 34 heavy (non-hydrogen) atoms. The summed E-state index contributed by atoms with van der Waals surface area (Å²) in [4.78, 5) is 17.9. The minimum absolute atomic E-state index is 0.0126. The topological polar surface area (TPSA) is 93.0 Å². The highest BCUT2D eigenvalue weighted by Gasteiger charge is 2.15. The predicted octanol–water partition coefficient (Wildman–Crippen LogP) is 5.91. The molecule has 0 fully saturated rings. The molecular formula is C25H19Br2N3O4. The molecular weight excluding hydrogens is 566 g/mol. The zero-order valence-corrected chi connectivity index (χ0v) is 21.3. The number of methoxy groups -OCH3 is 2. The first kappa shape index (κ1) is 23.7. The number of nitrogens with zero attached hydrogens (tertiary/aromatic N) is 2. The normalized spacial score (nSPS) is 11.1. The molecule has 0 bridgehead atoms. The number of pyridine rings is 1. The van der Waals surface area contributed by atoms with Gasteiger partial charge in [-0.15, -0.1) is 0 Å². The lowest BCUT2D eigenvalue weighted by molar-refractivity contribution is 0.0956. The van der Waals surface area contributed by atoms with Crippen molar-refractivity contribution in [2.45, 2.75) is 0 Å². The molecule has 0 saturated carbocycles. The number of amides is 1. The van der Waals surface area contributed by atoms with Crippen LogP contribution in [0.25, 0.3) is 22.2 Å². The quantitative estimate of drug-likeness (QED) is 0.217. The number of rotatable bonds is 6. The molecule has 2 N–H and O–H groups in total. The number of ether oxygens (including phenoxy) is 2. The first-order chi connectivity index (χ1) is 16.4. The second-order valence-electron chi connectivity index (χ2n) is 7.20. The summed E-state index contributed by atoms with van der Waals surface area (Å²) in [6.07, 6.45) is 1.46.